The zero-order valence-corrected chi connectivity index (χ0v) is 17.1. The van der Waals surface area contributed by atoms with Crippen LogP contribution >= 0.6 is 11.3 Å². The van der Waals surface area contributed by atoms with Gasteiger partial charge in [-0.3, -0.25) is 4.79 Å². The Balaban J connectivity index is 1.45. The van der Waals surface area contributed by atoms with Crippen molar-refractivity contribution in [3.63, 3.8) is 0 Å². The van der Waals surface area contributed by atoms with Crippen LogP contribution in [0, 0.1) is 0 Å². The predicted octanol–water partition coefficient (Wildman–Crippen LogP) is 3.08. The Morgan fingerprint density at radius 1 is 1.21 bits per heavy atom. The van der Waals surface area contributed by atoms with Gasteiger partial charge in [0.15, 0.2) is 6.61 Å². The van der Waals surface area contributed by atoms with Crippen molar-refractivity contribution in [2.24, 2.45) is 0 Å². The molecule has 29 heavy (non-hydrogen) atoms. The van der Waals surface area contributed by atoms with Crippen LogP contribution in [0.5, 0.6) is 0 Å². The van der Waals surface area contributed by atoms with E-state index in [-0.39, 0.29) is 23.9 Å². The summed E-state index contributed by atoms with van der Waals surface area (Å²) < 4.78 is 37.7. The molecule has 0 aliphatic carbocycles. The summed E-state index contributed by atoms with van der Waals surface area (Å²) in [6.45, 7) is 0.0764. The van der Waals surface area contributed by atoms with E-state index >= 15 is 0 Å². The number of esters is 1. The van der Waals surface area contributed by atoms with Gasteiger partial charge >= 0.3 is 5.97 Å². The number of rotatable bonds is 6. The smallest absolute Gasteiger partial charge is 0.324 e. The van der Waals surface area contributed by atoms with E-state index in [1.807, 2.05) is 17.5 Å². The molecule has 4 rings (SSSR count). The minimum atomic E-state index is -3.78. The molecule has 1 aromatic carbocycles. The second-order valence-electron chi connectivity index (χ2n) is 6.54. The number of benzene rings is 1. The highest BCUT2D eigenvalue weighted by atomic mass is 32.2. The summed E-state index contributed by atoms with van der Waals surface area (Å²) in [5, 5.41) is 5.77. The Labute approximate surface area is 172 Å². The fourth-order valence-electron chi connectivity index (χ4n) is 3.20. The largest absolute Gasteiger partial charge is 0.454 e. The lowest BCUT2D eigenvalue weighted by Gasteiger charge is -2.32. The van der Waals surface area contributed by atoms with E-state index in [4.69, 9.17) is 9.26 Å². The van der Waals surface area contributed by atoms with Gasteiger partial charge in [-0.25, -0.2) is 8.42 Å². The third-order valence-electron chi connectivity index (χ3n) is 4.62. The number of aromatic nitrogens is 2. The first-order chi connectivity index (χ1) is 14.1. The molecule has 10 heteroatoms. The molecular weight excluding hydrogens is 414 g/mol. The Bertz CT molecular complexity index is 1060. The minimum Gasteiger partial charge on any atom is -0.454 e. The first kappa shape index (κ1) is 19.7. The van der Waals surface area contributed by atoms with Gasteiger partial charge in [0.05, 0.1) is 9.77 Å². The van der Waals surface area contributed by atoms with Crippen LogP contribution in [0.1, 0.15) is 25.2 Å². The van der Waals surface area contributed by atoms with E-state index < -0.39 is 22.0 Å². The second kappa shape index (κ2) is 8.44. The predicted molar refractivity (Wildman–Crippen MR) is 105 cm³/mol. The third-order valence-corrected chi connectivity index (χ3v) is 7.41. The summed E-state index contributed by atoms with van der Waals surface area (Å²) in [6, 6.07) is 11.0. The van der Waals surface area contributed by atoms with Gasteiger partial charge in [0, 0.05) is 6.54 Å². The van der Waals surface area contributed by atoms with Crippen LogP contribution in [0.15, 0.2) is 57.3 Å². The number of nitrogens with zero attached hydrogens (tertiary/aromatic N) is 3. The molecule has 0 spiro atoms. The standard InChI is InChI=1S/C19H19N3O5S2/c23-19(26-13-17-20-18(21-27-17)16-10-6-12-28-16)15-9-4-5-11-22(15)29(24,25)14-7-2-1-3-8-14/h1-3,6-8,10,12,15H,4-5,9,11,13H2. The van der Waals surface area contributed by atoms with Gasteiger partial charge in [-0.05, 0) is 42.8 Å². The molecule has 152 valence electrons. The molecule has 0 bridgehead atoms. The molecule has 2 aromatic heterocycles. The average molecular weight is 434 g/mol. The molecule has 1 atom stereocenters. The van der Waals surface area contributed by atoms with Crippen molar-refractivity contribution in [1.29, 1.82) is 0 Å². The number of hydrogen-bond acceptors (Lipinski definition) is 8. The molecular formula is C19H19N3O5S2. The van der Waals surface area contributed by atoms with Crippen molar-refractivity contribution < 1.29 is 22.5 Å². The summed E-state index contributed by atoms with van der Waals surface area (Å²) in [7, 11) is -3.78. The Morgan fingerprint density at radius 3 is 2.79 bits per heavy atom. The Morgan fingerprint density at radius 2 is 2.03 bits per heavy atom. The van der Waals surface area contributed by atoms with Crippen molar-refractivity contribution in [3.05, 3.63) is 53.7 Å². The zero-order valence-electron chi connectivity index (χ0n) is 15.4. The summed E-state index contributed by atoms with van der Waals surface area (Å²) >= 11 is 1.47. The van der Waals surface area contributed by atoms with E-state index in [0.717, 1.165) is 11.3 Å². The lowest BCUT2D eigenvalue weighted by atomic mass is 10.1. The Hall–Kier alpha value is -2.56. The van der Waals surface area contributed by atoms with Gasteiger partial charge in [-0.1, -0.05) is 29.4 Å². The molecule has 0 radical (unpaired) electrons. The second-order valence-corrected chi connectivity index (χ2v) is 9.38. The topological polar surface area (TPSA) is 103 Å². The first-order valence-corrected chi connectivity index (χ1v) is 11.5. The highest BCUT2D eigenvalue weighted by Gasteiger charge is 2.38. The van der Waals surface area contributed by atoms with Gasteiger partial charge in [-0.2, -0.15) is 9.29 Å². The highest BCUT2D eigenvalue weighted by Crippen LogP contribution is 2.26. The maximum Gasteiger partial charge on any atom is 0.324 e. The summed E-state index contributed by atoms with van der Waals surface area (Å²) in [4.78, 5) is 17.9. The average Bonchev–Trinajstić information content (AvgIpc) is 3.44. The normalized spacial score (nSPS) is 17.9. The molecule has 1 fully saturated rings. The van der Waals surface area contributed by atoms with Gasteiger partial charge in [0.25, 0.3) is 5.89 Å². The number of carbonyl (C=O) groups excluding carboxylic acids is 1. The van der Waals surface area contributed by atoms with Crippen molar-refractivity contribution >= 4 is 27.3 Å². The van der Waals surface area contributed by atoms with Gasteiger partial charge in [-0.15, -0.1) is 11.3 Å². The van der Waals surface area contributed by atoms with Crippen molar-refractivity contribution in [2.45, 2.75) is 36.8 Å². The van der Waals surface area contributed by atoms with Crippen LogP contribution in [0.3, 0.4) is 0 Å². The van der Waals surface area contributed by atoms with Gasteiger partial charge in [0.2, 0.25) is 15.8 Å². The number of piperidine rings is 1. The van der Waals surface area contributed by atoms with E-state index in [2.05, 4.69) is 10.1 Å². The van der Waals surface area contributed by atoms with Crippen LogP contribution in [0.4, 0.5) is 0 Å². The number of sulfonamides is 1. The Kier molecular flexibility index (Phi) is 5.74. The van der Waals surface area contributed by atoms with E-state index in [9.17, 15) is 13.2 Å². The maximum atomic E-state index is 13.0. The molecule has 1 aliphatic heterocycles. The number of thiophene rings is 1. The van der Waals surface area contributed by atoms with Crippen molar-refractivity contribution in [1.82, 2.24) is 14.4 Å². The lowest BCUT2D eigenvalue weighted by Crippen LogP contribution is -2.48. The third kappa shape index (κ3) is 4.24. The van der Waals surface area contributed by atoms with Crippen LogP contribution < -0.4 is 0 Å². The molecule has 3 aromatic rings. The monoisotopic (exact) mass is 433 g/mol. The molecule has 8 nitrogen and oxygen atoms in total. The number of ether oxygens (including phenoxy) is 1. The quantitative estimate of drug-likeness (QED) is 0.550. The maximum absolute atomic E-state index is 13.0. The van der Waals surface area contributed by atoms with Crippen LogP contribution in [-0.2, 0) is 26.2 Å². The van der Waals surface area contributed by atoms with E-state index in [1.165, 1.54) is 27.8 Å². The lowest BCUT2D eigenvalue weighted by molar-refractivity contribution is -0.151. The van der Waals surface area contributed by atoms with Gasteiger partial charge < -0.3 is 9.26 Å². The van der Waals surface area contributed by atoms with Crippen LogP contribution in [0.2, 0.25) is 0 Å². The van der Waals surface area contributed by atoms with Crippen molar-refractivity contribution in [3.8, 4) is 10.7 Å². The highest BCUT2D eigenvalue weighted by molar-refractivity contribution is 7.89. The molecule has 0 amide bonds. The van der Waals surface area contributed by atoms with Gasteiger partial charge in [0.1, 0.15) is 6.04 Å². The first-order valence-electron chi connectivity index (χ1n) is 9.16. The van der Waals surface area contributed by atoms with Crippen LogP contribution in [-0.4, -0.2) is 41.4 Å². The number of hydrogen-bond donors (Lipinski definition) is 0. The SMILES string of the molecule is O=C(OCc1nc(-c2cccs2)no1)C1CCCCN1S(=O)(=O)c1ccccc1. The molecule has 3 heterocycles. The molecule has 1 aliphatic rings. The van der Waals surface area contributed by atoms with Crippen molar-refractivity contribution in [2.75, 3.05) is 6.54 Å². The molecule has 0 saturated carbocycles. The fourth-order valence-corrected chi connectivity index (χ4v) is 5.52. The molecule has 0 N–H and O–H groups in total. The summed E-state index contributed by atoms with van der Waals surface area (Å²) in [5.74, 6) is -0.0212. The minimum absolute atomic E-state index is 0.162. The fraction of sp³-hybridized carbons (Fsp3) is 0.316. The molecule has 1 saturated heterocycles. The van der Waals surface area contributed by atoms with E-state index in [0.29, 0.717) is 18.7 Å². The van der Waals surface area contributed by atoms with E-state index in [1.54, 1.807) is 18.2 Å². The van der Waals surface area contributed by atoms with Crippen LogP contribution in [0.25, 0.3) is 10.7 Å². The zero-order chi connectivity index (χ0) is 20.3. The number of carbonyl (C=O) groups is 1. The molecule has 1 unspecified atom stereocenters. The summed E-state index contributed by atoms with van der Waals surface area (Å²) in [5.41, 5.74) is 0. The summed E-state index contributed by atoms with van der Waals surface area (Å²) in [6.07, 6.45) is 1.86.